The Labute approximate surface area is 211 Å². The molecule has 8 nitrogen and oxygen atoms in total. The monoisotopic (exact) mass is 573 g/mol. The number of alkyl carbamates (subject to hydrolysis) is 1. The van der Waals surface area contributed by atoms with Gasteiger partial charge >= 0.3 is 16.3 Å². The molecule has 0 radical (unpaired) electrons. The lowest BCUT2D eigenvalue weighted by atomic mass is 9.92. The van der Waals surface area contributed by atoms with Crippen molar-refractivity contribution in [1.29, 1.82) is 5.26 Å². The van der Waals surface area contributed by atoms with Crippen molar-refractivity contribution in [1.82, 2.24) is 15.1 Å². The van der Waals surface area contributed by atoms with Gasteiger partial charge in [0.15, 0.2) is 5.69 Å². The molecule has 0 atom stereocenters. The molecule has 2 aliphatic rings. The Morgan fingerprint density at radius 2 is 1.81 bits per heavy atom. The third-order valence-corrected chi connectivity index (χ3v) is 7.68. The van der Waals surface area contributed by atoms with Crippen LogP contribution in [0.25, 0.3) is 5.69 Å². The van der Waals surface area contributed by atoms with Crippen molar-refractivity contribution in [2.75, 3.05) is 6.61 Å². The Hall–Kier alpha value is -2.76. The number of nitrogens with zero attached hydrogens (tertiary/aromatic N) is 3. The topological polar surface area (TPSA) is 123 Å². The zero-order valence-electron chi connectivity index (χ0n) is 18.2. The molecule has 2 saturated carbocycles. The number of ether oxygens (including phenoxy) is 1. The van der Waals surface area contributed by atoms with Crippen molar-refractivity contribution in [3.05, 3.63) is 39.1 Å². The molecular weight excluding hydrogens is 556 g/mol. The summed E-state index contributed by atoms with van der Waals surface area (Å²) in [5.74, 6) is -0.526. The van der Waals surface area contributed by atoms with E-state index in [1.54, 1.807) is 6.07 Å². The first-order valence-corrected chi connectivity index (χ1v) is 13.1. The normalized spacial score (nSPS) is 18.5. The molecule has 1 aromatic heterocycles. The number of aromatic nitrogens is 2. The van der Waals surface area contributed by atoms with Crippen LogP contribution in [-0.4, -0.2) is 28.4 Å². The number of primary amides is 1. The highest BCUT2D eigenvalue weighted by atomic mass is 35.5. The number of halogens is 7. The van der Waals surface area contributed by atoms with E-state index in [-0.39, 0.29) is 54.5 Å². The van der Waals surface area contributed by atoms with Crippen LogP contribution in [0.4, 0.5) is 24.2 Å². The lowest BCUT2D eigenvalue weighted by Gasteiger charge is -2.40. The SMILES string of the molecule is N#Cc1nn(-c2c(Cl)cc(S(F)(F)(F)(F)F)cc2Cl)c(CNC(=O)OCC2CC2)c1C1(C(N)=O)CC1. The highest BCUT2D eigenvalue weighted by Gasteiger charge is 2.65. The van der Waals surface area contributed by atoms with E-state index >= 15 is 0 Å². The first-order valence-electron chi connectivity index (χ1n) is 10.4. The number of nitriles is 1. The van der Waals surface area contributed by atoms with Crippen LogP contribution in [0.5, 0.6) is 0 Å². The number of rotatable bonds is 8. The molecule has 1 aromatic carbocycles. The molecule has 1 heterocycles. The van der Waals surface area contributed by atoms with Crippen LogP contribution in [0.3, 0.4) is 0 Å². The maximum atomic E-state index is 13.3. The summed E-state index contributed by atoms with van der Waals surface area (Å²) in [6.07, 6.45) is 1.49. The van der Waals surface area contributed by atoms with Gasteiger partial charge in [0.25, 0.3) is 0 Å². The Balaban J connectivity index is 1.83. The van der Waals surface area contributed by atoms with Crippen LogP contribution >= 0.6 is 33.4 Å². The summed E-state index contributed by atoms with van der Waals surface area (Å²) in [6, 6.07) is 1.79. The Bertz CT molecular complexity index is 1310. The summed E-state index contributed by atoms with van der Waals surface area (Å²) >= 11 is 12.0. The van der Waals surface area contributed by atoms with Crippen molar-refractivity contribution in [3.63, 3.8) is 0 Å². The predicted octanol–water partition coefficient (Wildman–Crippen LogP) is 5.86. The van der Waals surface area contributed by atoms with E-state index in [1.165, 1.54) is 0 Å². The highest BCUT2D eigenvalue weighted by molar-refractivity contribution is 8.45. The van der Waals surface area contributed by atoms with Gasteiger partial charge in [-0.1, -0.05) is 42.6 Å². The molecule has 2 fully saturated rings. The Kier molecular flexibility index (Phi) is 5.75. The van der Waals surface area contributed by atoms with Gasteiger partial charge in [0.05, 0.1) is 34.3 Å². The molecule has 2 aromatic rings. The quantitative estimate of drug-likeness (QED) is 0.383. The Morgan fingerprint density at radius 1 is 1.22 bits per heavy atom. The first-order chi connectivity index (χ1) is 16.5. The van der Waals surface area contributed by atoms with Gasteiger partial charge < -0.3 is 15.8 Å². The second kappa shape index (κ2) is 7.87. The van der Waals surface area contributed by atoms with Crippen LogP contribution < -0.4 is 11.1 Å². The van der Waals surface area contributed by atoms with E-state index in [4.69, 9.17) is 33.7 Å². The molecule has 4 rings (SSSR count). The molecule has 0 spiro atoms. The van der Waals surface area contributed by atoms with Gasteiger partial charge in [-0.2, -0.15) is 10.4 Å². The van der Waals surface area contributed by atoms with Crippen molar-refractivity contribution >= 4 is 45.4 Å². The summed E-state index contributed by atoms with van der Waals surface area (Å²) < 4.78 is 72.7. The average Bonchev–Trinajstić information content (AvgIpc) is 3.66. The van der Waals surface area contributed by atoms with Gasteiger partial charge in [0, 0.05) is 5.56 Å². The second-order valence-electron chi connectivity index (χ2n) is 8.74. The molecule has 0 saturated heterocycles. The number of amides is 2. The fourth-order valence-electron chi connectivity index (χ4n) is 3.78. The van der Waals surface area contributed by atoms with E-state index in [0.29, 0.717) is 0 Å². The zero-order valence-corrected chi connectivity index (χ0v) is 20.5. The molecular formula is C20H18Cl2F5N5O3S. The minimum absolute atomic E-state index is 0.000187. The van der Waals surface area contributed by atoms with Gasteiger partial charge in [-0.15, -0.1) is 0 Å². The number of nitrogens with one attached hydrogen (secondary N) is 1. The highest BCUT2D eigenvalue weighted by Crippen LogP contribution is 3.02. The molecule has 0 bridgehead atoms. The first kappa shape index (κ1) is 26.3. The average molecular weight is 574 g/mol. The third kappa shape index (κ3) is 5.05. The molecule has 0 unspecified atom stereocenters. The molecule has 196 valence electrons. The van der Waals surface area contributed by atoms with Crippen LogP contribution in [0.15, 0.2) is 17.0 Å². The van der Waals surface area contributed by atoms with Gasteiger partial charge in [0.1, 0.15) is 16.7 Å². The summed E-state index contributed by atoms with van der Waals surface area (Å²) in [5.41, 5.74) is 3.43. The van der Waals surface area contributed by atoms with Crippen LogP contribution in [0.2, 0.25) is 10.0 Å². The summed E-state index contributed by atoms with van der Waals surface area (Å²) in [5, 5.41) is 14.4. The number of carbonyl (C=O) groups excluding carboxylic acids is 2. The molecule has 3 N–H and O–H groups in total. The molecule has 36 heavy (non-hydrogen) atoms. The second-order valence-corrected chi connectivity index (χ2v) is 12.0. The van der Waals surface area contributed by atoms with E-state index in [2.05, 4.69) is 10.4 Å². The largest absolute Gasteiger partial charge is 0.449 e. The minimum atomic E-state index is -10.1. The Morgan fingerprint density at radius 3 is 2.25 bits per heavy atom. The molecule has 0 aliphatic heterocycles. The predicted molar refractivity (Wildman–Crippen MR) is 121 cm³/mol. The van der Waals surface area contributed by atoms with Crippen molar-refractivity contribution < 1.29 is 33.8 Å². The number of nitrogens with two attached hydrogens (primary N) is 1. The molecule has 16 heteroatoms. The van der Waals surface area contributed by atoms with E-state index in [9.17, 15) is 34.3 Å². The van der Waals surface area contributed by atoms with Crippen molar-refractivity contribution in [3.8, 4) is 11.8 Å². The van der Waals surface area contributed by atoms with Gasteiger partial charge in [-0.25, -0.2) is 9.48 Å². The van der Waals surface area contributed by atoms with E-state index in [0.717, 1.165) is 17.5 Å². The van der Waals surface area contributed by atoms with Crippen LogP contribution in [0, 0.1) is 17.2 Å². The van der Waals surface area contributed by atoms with Crippen molar-refractivity contribution in [2.45, 2.75) is 42.5 Å². The zero-order chi connectivity index (χ0) is 26.7. The number of hydrogen-bond donors (Lipinski definition) is 2. The fourth-order valence-corrected chi connectivity index (χ4v) is 5.24. The summed E-state index contributed by atoms with van der Waals surface area (Å²) in [4.78, 5) is 22.1. The molecule has 2 aliphatic carbocycles. The number of carbonyl (C=O) groups is 2. The molecule has 2 amide bonds. The van der Waals surface area contributed by atoms with E-state index < -0.39 is 54.8 Å². The van der Waals surface area contributed by atoms with Crippen LogP contribution in [-0.2, 0) is 21.5 Å². The lowest BCUT2D eigenvalue weighted by Crippen LogP contribution is -2.32. The number of hydrogen-bond acceptors (Lipinski definition) is 5. The van der Waals surface area contributed by atoms with E-state index in [1.807, 2.05) is 0 Å². The maximum Gasteiger partial charge on any atom is 0.407 e. The maximum absolute atomic E-state index is 13.3. The van der Waals surface area contributed by atoms with Gasteiger partial charge in [-0.3, -0.25) is 4.79 Å². The lowest BCUT2D eigenvalue weighted by molar-refractivity contribution is -0.120. The summed E-state index contributed by atoms with van der Waals surface area (Å²) in [7, 11) is -10.1. The van der Waals surface area contributed by atoms with Gasteiger partial charge in [-0.05, 0) is 43.7 Å². The minimum Gasteiger partial charge on any atom is -0.449 e. The summed E-state index contributed by atoms with van der Waals surface area (Å²) in [6.45, 7) is -0.237. The standard InChI is InChI=1S/C20H18Cl2F5N5O3S/c21-12-5-11(36(23,24,25,26)27)6-13(22)17(12)32-15(8-30-19(34)35-9-10-1-2-10)16(14(7-28)31-32)20(3-4-20)18(29)33/h5-6,10H,1-4,8-9H2,(H2,29,33)(H,30,34). The number of benzene rings is 1. The fraction of sp³-hybridized carbons (Fsp3) is 0.400. The smallest absolute Gasteiger partial charge is 0.407 e. The van der Waals surface area contributed by atoms with Crippen molar-refractivity contribution in [2.24, 2.45) is 11.7 Å². The van der Waals surface area contributed by atoms with Crippen LogP contribution in [0.1, 0.15) is 42.6 Å². The van der Waals surface area contributed by atoms with Gasteiger partial charge in [0.2, 0.25) is 5.91 Å². The third-order valence-electron chi connectivity index (χ3n) is 5.98.